The molecule has 108 valence electrons. The van der Waals surface area contributed by atoms with Gasteiger partial charge in [0.15, 0.2) is 0 Å². The van der Waals surface area contributed by atoms with Gasteiger partial charge in [-0.2, -0.15) is 0 Å². The van der Waals surface area contributed by atoms with Crippen LogP contribution >= 0.6 is 0 Å². The lowest BCUT2D eigenvalue weighted by molar-refractivity contribution is -0.142. The third-order valence-corrected chi connectivity index (χ3v) is 3.76. The number of fused-ring (bicyclic) bond motifs is 1. The molecular weight excluding hydrogens is 270 g/mol. The number of carboxylic acids is 1. The van der Waals surface area contributed by atoms with Crippen molar-refractivity contribution in [2.75, 3.05) is 0 Å². The Morgan fingerprint density at radius 1 is 1.43 bits per heavy atom. The minimum absolute atomic E-state index is 0.190. The zero-order valence-corrected chi connectivity index (χ0v) is 11.2. The Balaban J connectivity index is 1.67. The van der Waals surface area contributed by atoms with Crippen LogP contribution in [-0.2, 0) is 22.4 Å². The molecule has 21 heavy (non-hydrogen) atoms. The Hall–Kier alpha value is -2.63. The number of rotatable bonds is 5. The minimum Gasteiger partial charge on any atom is -0.480 e. The third-order valence-electron chi connectivity index (χ3n) is 3.76. The van der Waals surface area contributed by atoms with Gasteiger partial charge in [0, 0.05) is 18.3 Å². The Kier molecular flexibility index (Phi) is 3.43. The second-order valence-corrected chi connectivity index (χ2v) is 5.14. The Morgan fingerprint density at radius 3 is 2.90 bits per heavy atom. The van der Waals surface area contributed by atoms with E-state index in [1.165, 1.54) is 6.33 Å². The quantitative estimate of drug-likeness (QED) is 0.759. The standard InChI is InChI=1S/C15H15N3O3/c19-14(12-5-9-3-1-2-4-11(9)12)18-13(15(20)21)6-10-7-16-8-17-10/h1-4,7-8,12-13H,5-6H2,(H,16,17)(H,18,19)(H,20,21)/t12?,13-/m1/s1. The molecule has 0 radical (unpaired) electrons. The number of carbonyl (C=O) groups is 2. The molecule has 6 nitrogen and oxygen atoms in total. The van der Waals surface area contributed by atoms with Gasteiger partial charge in [-0.1, -0.05) is 24.3 Å². The van der Waals surface area contributed by atoms with Crippen molar-refractivity contribution in [2.24, 2.45) is 0 Å². The van der Waals surface area contributed by atoms with Gasteiger partial charge in [0.2, 0.25) is 5.91 Å². The highest BCUT2D eigenvalue weighted by atomic mass is 16.4. The van der Waals surface area contributed by atoms with E-state index in [1.54, 1.807) is 6.20 Å². The number of hydrogen-bond donors (Lipinski definition) is 3. The molecule has 0 aliphatic heterocycles. The summed E-state index contributed by atoms with van der Waals surface area (Å²) in [7, 11) is 0. The van der Waals surface area contributed by atoms with E-state index in [-0.39, 0.29) is 18.2 Å². The molecule has 1 aliphatic rings. The number of imidazole rings is 1. The minimum atomic E-state index is -1.05. The SMILES string of the molecule is O=C(N[C@H](Cc1cnc[nH]1)C(=O)O)C1Cc2ccccc21. The molecule has 1 aromatic heterocycles. The lowest BCUT2D eigenvalue weighted by atomic mass is 9.77. The molecule has 2 atom stereocenters. The highest BCUT2D eigenvalue weighted by Crippen LogP contribution is 2.34. The molecule has 1 heterocycles. The van der Waals surface area contributed by atoms with Crippen LogP contribution in [0.2, 0.25) is 0 Å². The number of hydrogen-bond acceptors (Lipinski definition) is 3. The van der Waals surface area contributed by atoms with Gasteiger partial charge in [-0.3, -0.25) is 4.79 Å². The smallest absolute Gasteiger partial charge is 0.326 e. The van der Waals surface area contributed by atoms with Gasteiger partial charge in [0.05, 0.1) is 12.2 Å². The van der Waals surface area contributed by atoms with Gasteiger partial charge < -0.3 is 15.4 Å². The number of nitrogens with one attached hydrogen (secondary N) is 2. The van der Waals surface area contributed by atoms with Crippen molar-refractivity contribution >= 4 is 11.9 Å². The zero-order chi connectivity index (χ0) is 14.8. The van der Waals surface area contributed by atoms with Crippen LogP contribution < -0.4 is 5.32 Å². The number of aliphatic carboxylic acids is 1. The molecule has 0 saturated heterocycles. The molecule has 1 unspecified atom stereocenters. The first kappa shape index (κ1) is 13.4. The van der Waals surface area contributed by atoms with E-state index < -0.39 is 12.0 Å². The molecule has 0 saturated carbocycles. The van der Waals surface area contributed by atoms with Crippen molar-refractivity contribution in [3.05, 3.63) is 53.6 Å². The molecule has 1 amide bonds. The lowest BCUT2D eigenvalue weighted by Gasteiger charge is -2.30. The van der Waals surface area contributed by atoms with Crippen molar-refractivity contribution in [3.63, 3.8) is 0 Å². The van der Waals surface area contributed by atoms with Crippen molar-refractivity contribution in [1.82, 2.24) is 15.3 Å². The van der Waals surface area contributed by atoms with Gasteiger partial charge in [-0.15, -0.1) is 0 Å². The van der Waals surface area contributed by atoms with Crippen LogP contribution in [0.5, 0.6) is 0 Å². The predicted octanol–water partition coefficient (Wildman–Crippen LogP) is 0.861. The summed E-state index contributed by atoms with van der Waals surface area (Å²) in [6.45, 7) is 0. The summed E-state index contributed by atoms with van der Waals surface area (Å²) >= 11 is 0. The van der Waals surface area contributed by atoms with Crippen LogP contribution in [0.3, 0.4) is 0 Å². The normalized spacial score (nSPS) is 17.4. The van der Waals surface area contributed by atoms with Crippen LogP contribution in [0, 0.1) is 0 Å². The lowest BCUT2D eigenvalue weighted by Crippen LogP contribution is -2.46. The van der Waals surface area contributed by atoms with Crippen molar-refractivity contribution in [1.29, 1.82) is 0 Å². The van der Waals surface area contributed by atoms with E-state index in [0.29, 0.717) is 12.1 Å². The highest BCUT2D eigenvalue weighted by molar-refractivity contribution is 5.90. The molecule has 1 aliphatic carbocycles. The fraction of sp³-hybridized carbons (Fsp3) is 0.267. The van der Waals surface area contributed by atoms with Gasteiger partial charge in [0.25, 0.3) is 0 Å². The highest BCUT2D eigenvalue weighted by Gasteiger charge is 2.34. The summed E-state index contributed by atoms with van der Waals surface area (Å²) < 4.78 is 0. The van der Waals surface area contributed by atoms with Crippen LogP contribution in [0.1, 0.15) is 22.7 Å². The third kappa shape index (κ3) is 2.65. The molecule has 3 N–H and O–H groups in total. The monoisotopic (exact) mass is 285 g/mol. The maximum atomic E-state index is 12.2. The number of amides is 1. The summed E-state index contributed by atoms with van der Waals surface area (Å²) in [4.78, 5) is 30.2. The second-order valence-electron chi connectivity index (χ2n) is 5.14. The van der Waals surface area contributed by atoms with Crippen molar-refractivity contribution < 1.29 is 14.7 Å². The predicted molar refractivity (Wildman–Crippen MR) is 74.7 cm³/mol. The Bertz CT molecular complexity index is 667. The van der Waals surface area contributed by atoms with Gasteiger partial charge in [0.1, 0.15) is 6.04 Å². The fourth-order valence-electron chi connectivity index (χ4n) is 2.58. The Labute approximate surface area is 121 Å². The maximum absolute atomic E-state index is 12.2. The average Bonchev–Trinajstić information content (AvgIpc) is 2.92. The number of carboxylic acid groups (broad SMARTS) is 1. The van der Waals surface area contributed by atoms with Gasteiger partial charge in [-0.25, -0.2) is 9.78 Å². The summed E-state index contributed by atoms with van der Waals surface area (Å²) in [5.74, 6) is -1.53. The van der Waals surface area contributed by atoms with E-state index in [0.717, 1.165) is 11.1 Å². The number of carbonyl (C=O) groups excluding carboxylic acids is 1. The molecule has 0 bridgehead atoms. The van der Waals surface area contributed by atoms with E-state index in [9.17, 15) is 14.7 Å². The second kappa shape index (κ2) is 5.40. The summed E-state index contributed by atoms with van der Waals surface area (Å²) in [5.41, 5.74) is 2.82. The number of aromatic nitrogens is 2. The number of H-pyrrole nitrogens is 1. The topological polar surface area (TPSA) is 95.1 Å². The van der Waals surface area contributed by atoms with Crippen LogP contribution in [-0.4, -0.2) is 33.0 Å². The first-order valence-electron chi connectivity index (χ1n) is 6.73. The fourth-order valence-corrected chi connectivity index (χ4v) is 2.58. The van der Waals surface area contributed by atoms with Gasteiger partial charge in [-0.05, 0) is 17.5 Å². The summed E-state index contributed by atoms with van der Waals surface area (Å²) in [6, 6.07) is 6.76. The molecule has 0 fully saturated rings. The zero-order valence-electron chi connectivity index (χ0n) is 11.2. The molecule has 2 aromatic rings. The molecule has 3 rings (SSSR count). The van der Waals surface area contributed by atoms with Crippen LogP contribution in [0.15, 0.2) is 36.8 Å². The number of nitrogens with zero attached hydrogens (tertiary/aromatic N) is 1. The van der Waals surface area contributed by atoms with Crippen molar-refractivity contribution in [2.45, 2.75) is 24.8 Å². The number of aromatic amines is 1. The largest absolute Gasteiger partial charge is 0.480 e. The van der Waals surface area contributed by atoms with Crippen LogP contribution in [0.4, 0.5) is 0 Å². The molecular formula is C15H15N3O3. The van der Waals surface area contributed by atoms with Crippen LogP contribution in [0.25, 0.3) is 0 Å². The molecule has 6 heteroatoms. The molecule has 0 spiro atoms. The first-order valence-corrected chi connectivity index (χ1v) is 6.73. The summed E-state index contributed by atoms with van der Waals surface area (Å²) in [6.07, 6.45) is 3.90. The Morgan fingerprint density at radius 2 is 2.24 bits per heavy atom. The average molecular weight is 285 g/mol. The van der Waals surface area contributed by atoms with E-state index >= 15 is 0 Å². The van der Waals surface area contributed by atoms with Gasteiger partial charge >= 0.3 is 5.97 Å². The summed E-state index contributed by atoms with van der Waals surface area (Å²) in [5, 5.41) is 11.9. The molecule has 1 aromatic carbocycles. The maximum Gasteiger partial charge on any atom is 0.326 e. The van der Waals surface area contributed by atoms with E-state index in [4.69, 9.17) is 0 Å². The van der Waals surface area contributed by atoms with Crippen molar-refractivity contribution in [3.8, 4) is 0 Å². The van der Waals surface area contributed by atoms with E-state index in [2.05, 4.69) is 15.3 Å². The number of benzene rings is 1. The van der Waals surface area contributed by atoms with E-state index in [1.807, 2.05) is 24.3 Å². The first-order chi connectivity index (χ1) is 10.1.